The largest absolute Gasteiger partial charge is 0.354 e. The van der Waals surface area contributed by atoms with Crippen molar-refractivity contribution in [2.24, 2.45) is 0 Å². The lowest BCUT2D eigenvalue weighted by Gasteiger charge is -2.35. The minimum Gasteiger partial charge on any atom is -0.354 e. The number of aryl methyl sites for hydroxylation is 1. The summed E-state index contributed by atoms with van der Waals surface area (Å²) >= 11 is 0. The van der Waals surface area contributed by atoms with Crippen LogP contribution in [-0.2, 0) is 6.54 Å². The van der Waals surface area contributed by atoms with Crippen LogP contribution in [0.5, 0.6) is 0 Å². The summed E-state index contributed by atoms with van der Waals surface area (Å²) in [5, 5.41) is 0. The average Bonchev–Trinajstić information content (AvgIpc) is 3.02. The molecule has 3 heterocycles. The van der Waals surface area contributed by atoms with E-state index in [2.05, 4.69) is 29.3 Å². The highest BCUT2D eigenvalue weighted by Crippen LogP contribution is 2.16. The van der Waals surface area contributed by atoms with Gasteiger partial charge in [-0.25, -0.2) is 19.3 Å². The fourth-order valence-electron chi connectivity index (χ4n) is 3.28. The van der Waals surface area contributed by atoms with Crippen molar-refractivity contribution in [3.8, 4) is 0 Å². The smallest absolute Gasteiger partial charge is 0.132 e. The third kappa shape index (κ3) is 3.46. The Balaban J connectivity index is 1.34. The van der Waals surface area contributed by atoms with Gasteiger partial charge in [-0.2, -0.15) is 0 Å². The lowest BCUT2D eigenvalue weighted by Crippen LogP contribution is -2.47. The molecule has 2 aromatic heterocycles. The molecule has 6 nitrogen and oxygen atoms in total. The van der Waals surface area contributed by atoms with Crippen molar-refractivity contribution in [3.05, 3.63) is 48.4 Å². The van der Waals surface area contributed by atoms with Gasteiger partial charge in [-0.15, -0.1) is 0 Å². The zero-order valence-corrected chi connectivity index (χ0v) is 14.3. The lowest BCUT2D eigenvalue weighted by molar-refractivity contribution is 0.248. The van der Waals surface area contributed by atoms with Crippen molar-refractivity contribution in [2.75, 3.05) is 37.6 Å². The second-order valence-corrected chi connectivity index (χ2v) is 6.42. The summed E-state index contributed by atoms with van der Waals surface area (Å²) in [4.78, 5) is 17.6. The van der Waals surface area contributed by atoms with Crippen molar-refractivity contribution in [3.63, 3.8) is 0 Å². The monoisotopic (exact) mass is 340 g/mol. The number of nitrogens with zero attached hydrogens (tertiary/aromatic N) is 6. The fraction of sp³-hybridized carbons (Fsp3) is 0.389. The van der Waals surface area contributed by atoms with Crippen molar-refractivity contribution < 1.29 is 4.39 Å². The van der Waals surface area contributed by atoms with E-state index in [0.29, 0.717) is 5.52 Å². The molecule has 1 aliphatic heterocycles. The van der Waals surface area contributed by atoms with E-state index < -0.39 is 0 Å². The van der Waals surface area contributed by atoms with Gasteiger partial charge in [0.05, 0.1) is 17.4 Å². The van der Waals surface area contributed by atoms with Gasteiger partial charge in [0.15, 0.2) is 0 Å². The molecule has 1 saturated heterocycles. The highest BCUT2D eigenvalue weighted by Gasteiger charge is 2.18. The van der Waals surface area contributed by atoms with Gasteiger partial charge >= 0.3 is 0 Å². The van der Waals surface area contributed by atoms with Crippen LogP contribution in [0.2, 0.25) is 0 Å². The highest BCUT2D eigenvalue weighted by atomic mass is 19.1. The van der Waals surface area contributed by atoms with Crippen molar-refractivity contribution >= 4 is 16.9 Å². The van der Waals surface area contributed by atoms with Crippen LogP contribution in [0, 0.1) is 12.7 Å². The third-order valence-corrected chi connectivity index (χ3v) is 4.73. The molecule has 0 aliphatic carbocycles. The maximum absolute atomic E-state index is 13.3. The minimum absolute atomic E-state index is 0.242. The molecule has 0 atom stereocenters. The molecule has 0 spiro atoms. The predicted molar refractivity (Wildman–Crippen MR) is 95.1 cm³/mol. The fourth-order valence-corrected chi connectivity index (χ4v) is 3.28. The molecule has 4 rings (SSSR count). The normalized spacial score (nSPS) is 15.8. The second kappa shape index (κ2) is 6.76. The van der Waals surface area contributed by atoms with Crippen molar-refractivity contribution in [1.82, 2.24) is 24.4 Å². The number of rotatable bonds is 4. The van der Waals surface area contributed by atoms with Crippen molar-refractivity contribution in [1.29, 1.82) is 0 Å². The maximum atomic E-state index is 13.3. The van der Waals surface area contributed by atoms with Crippen LogP contribution in [0.15, 0.2) is 36.9 Å². The molecule has 1 aromatic carbocycles. The molecule has 1 aliphatic rings. The quantitative estimate of drug-likeness (QED) is 0.728. The van der Waals surface area contributed by atoms with E-state index in [-0.39, 0.29) is 5.82 Å². The minimum atomic E-state index is -0.242. The van der Waals surface area contributed by atoms with Gasteiger partial charge in [-0.3, -0.25) is 4.90 Å². The number of halogens is 1. The van der Waals surface area contributed by atoms with Crippen LogP contribution in [0.25, 0.3) is 11.0 Å². The first-order valence-electron chi connectivity index (χ1n) is 8.55. The Morgan fingerprint density at radius 2 is 1.84 bits per heavy atom. The van der Waals surface area contributed by atoms with Gasteiger partial charge in [-0.1, -0.05) is 0 Å². The predicted octanol–water partition coefficient (Wildman–Crippen LogP) is 2.10. The summed E-state index contributed by atoms with van der Waals surface area (Å²) in [5.74, 6) is 0.767. The average molecular weight is 340 g/mol. The first-order chi connectivity index (χ1) is 12.2. The number of imidazole rings is 1. The molecule has 0 unspecified atom stereocenters. The van der Waals surface area contributed by atoms with Gasteiger partial charge < -0.3 is 9.47 Å². The zero-order valence-electron chi connectivity index (χ0n) is 14.3. The van der Waals surface area contributed by atoms with Gasteiger partial charge in [0.1, 0.15) is 18.0 Å². The molecule has 0 amide bonds. The van der Waals surface area contributed by atoms with Crippen LogP contribution < -0.4 is 4.90 Å². The first kappa shape index (κ1) is 16.0. The van der Waals surface area contributed by atoms with E-state index in [1.807, 2.05) is 13.0 Å². The zero-order chi connectivity index (χ0) is 17.2. The van der Waals surface area contributed by atoms with Crippen LogP contribution in [0.4, 0.5) is 10.2 Å². The van der Waals surface area contributed by atoms with E-state index in [1.165, 1.54) is 12.1 Å². The molecule has 130 valence electrons. The molecule has 7 heteroatoms. The SMILES string of the molecule is Cc1cc(N2CCN(CCn3cnc4cc(F)ccc43)CC2)ncn1. The van der Waals surface area contributed by atoms with Crippen LogP contribution in [-0.4, -0.2) is 57.1 Å². The molecular formula is C18H21FN6. The van der Waals surface area contributed by atoms with E-state index in [0.717, 1.165) is 56.3 Å². The lowest BCUT2D eigenvalue weighted by atomic mass is 10.3. The molecule has 0 radical (unpaired) electrons. The van der Waals surface area contributed by atoms with Gasteiger partial charge in [0.2, 0.25) is 0 Å². The molecule has 25 heavy (non-hydrogen) atoms. The van der Waals surface area contributed by atoms with E-state index >= 15 is 0 Å². The Morgan fingerprint density at radius 1 is 1.00 bits per heavy atom. The van der Waals surface area contributed by atoms with E-state index in [4.69, 9.17) is 0 Å². The standard InChI is InChI=1S/C18H21FN6/c1-14-10-18(21-12-20-14)24-7-4-23(5-8-24)6-9-25-13-22-16-11-15(19)2-3-17(16)25/h2-3,10-13H,4-9H2,1H3. The Labute approximate surface area is 145 Å². The second-order valence-electron chi connectivity index (χ2n) is 6.42. The summed E-state index contributed by atoms with van der Waals surface area (Å²) < 4.78 is 15.3. The number of aromatic nitrogens is 4. The van der Waals surface area contributed by atoms with Crippen LogP contribution >= 0.6 is 0 Å². The molecule has 1 fully saturated rings. The number of fused-ring (bicyclic) bond motifs is 1. The highest BCUT2D eigenvalue weighted by molar-refractivity contribution is 5.75. The summed E-state index contributed by atoms with van der Waals surface area (Å²) in [5.41, 5.74) is 2.69. The Hall–Kier alpha value is -2.54. The topological polar surface area (TPSA) is 50.1 Å². The van der Waals surface area contributed by atoms with Gasteiger partial charge in [0, 0.05) is 57.1 Å². The number of anilines is 1. The maximum Gasteiger partial charge on any atom is 0.132 e. The Kier molecular flexibility index (Phi) is 4.31. The Bertz CT molecular complexity index is 869. The number of piperazine rings is 1. The van der Waals surface area contributed by atoms with Crippen molar-refractivity contribution in [2.45, 2.75) is 13.5 Å². The summed E-state index contributed by atoms with van der Waals surface area (Å²) in [6.07, 6.45) is 3.42. The third-order valence-electron chi connectivity index (χ3n) is 4.73. The molecule has 3 aromatic rings. The number of hydrogen-bond acceptors (Lipinski definition) is 5. The van der Waals surface area contributed by atoms with Gasteiger partial charge in [0.25, 0.3) is 0 Å². The Morgan fingerprint density at radius 3 is 2.64 bits per heavy atom. The van der Waals surface area contributed by atoms with Gasteiger partial charge in [-0.05, 0) is 19.1 Å². The van der Waals surface area contributed by atoms with E-state index in [9.17, 15) is 4.39 Å². The summed E-state index contributed by atoms with van der Waals surface area (Å²) in [6, 6.07) is 6.80. The summed E-state index contributed by atoms with van der Waals surface area (Å²) in [7, 11) is 0. The molecule has 0 N–H and O–H groups in total. The number of hydrogen-bond donors (Lipinski definition) is 0. The van der Waals surface area contributed by atoms with E-state index in [1.54, 1.807) is 18.7 Å². The van der Waals surface area contributed by atoms with Crippen LogP contribution in [0.3, 0.4) is 0 Å². The molecule has 0 saturated carbocycles. The number of benzene rings is 1. The molecular weight excluding hydrogens is 319 g/mol. The summed E-state index contributed by atoms with van der Waals surface area (Å²) in [6.45, 7) is 7.74. The first-order valence-corrected chi connectivity index (χ1v) is 8.55. The molecule has 0 bridgehead atoms. The van der Waals surface area contributed by atoms with Crippen LogP contribution in [0.1, 0.15) is 5.69 Å².